The zero-order chi connectivity index (χ0) is 22.0. The Balaban J connectivity index is 1.52. The Morgan fingerprint density at radius 2 is 2.00 bits per heavy atom. The number of anilines is 1. The Hall–Kier alpha value is -2.05. The molecule has 31 heavy (non-hydrogen) atoms. The van der Waals surface area contributed by atoms with Gasteiger partial charge in [-0.05, 0) is 23.2 Å². The number of benzene rings is 1. The van der Waals surface area contributed by atoms with Crippen LogP contribution in [0, 0.1) is 0 Å². The summed E-state index contributed by atoms with van der Waals surface area (Å²) in [7, 11) is 0. The summed E-state index contributed by atoms with van der Waals surface area (Å²) < 4.78 is 23.8. The molecular formula is C18H22N5O6PS. The summed E-state index contributed by atoms with van der Waals surface area (Å²) in [4.78, 5) is 22.4. The van der Waals surface area contributed by atoms with Crippen LogP contribution in [0.1, 0.15) is 11.8 Å². The van der Waals surface area contributed by atoms with E-state index in [-0.39, 0.29) is 6.61 Å². The quantitative estimate of drug-likeness (QED) is 0.357. The Kier molecular flexibility index (Phi) is 6.58. The van der Waals surface area contributed by atoms with Crippen molar-refractivity contribution in [2.45, 2.75) is 31.1 Å². The maximum atomic E-state index is 11.7. The van der Waals surface area contributed by atoms with Crippen molar-refractivity contribution in [1.29, 1.82) is 0 Å². The van der Waals surface area contributed by atoms with E-state index in [0.29, 0.717) is 34.9 Å². The first-order chi connectivity index (χ1) is 14.9. The average molecular weight is 467 g/mol. The van der Waals surface area contributed by atoms with Gasteiger partial charge >= 0.3 is 6.80 Å². The lowest BCUT2D eigenvalue weighted by molar-refractivity contribution is -0.0478. The van der Waals surface area contributed by atoms with E-state index in [1.165, 1.54) is 23.5 Å². The summed E-state index contributed by atoms with van der Waals surface area (Å²) in [6.45, 7) is -3.65. The van der Waals surface area contributed by atoms with Gasteiger partial charge in [-0.1, -0.05) is 30.3 Å². The summed E-state index contributed by atoms with van der Waals surface area (Å²) in [5.74, 6) is 0.515. The van der Waals surface area contributed by atoms with Crippen LogP contribution >= 0.6 is 18.2 Å². The van der Waals surface area contributed by atoms with Gasteiger partial charge in [-0.15, -0.1) is 0 Å². The molecule has 5 atom stereocenters. The Bertz CT molecular complexity index is 1090. The number of nitrogens with zero attached hydrogens (tertiary/aromatic N) is 4. The van der Waals surface area contributed by atoms with Crippen LogP contribution in [0.5, 0.6) is 0 Å². The molecular weight excluding hydrogens is 445 g/mol. The molecule has 0 spiro atoms. The van der Waals surface area contributed by atoms with Gasteiger partial charge in [0.15, 0.2) is 23.2 Å². The molecule has 1 aromatic carbocycles. The van der Waals surface area contributed by atoms with Crippen molar-refractivity contribution >= 4 is 35.2 Å². The van der Waals surface area contributed by atoms with Gasteiger partial charge in [0, 0.05) is 6.54 Å². The van der Waals surface area contributed by atoms with Crippen LogP contribution in [0.2, 0.25) is 0 Å². The minimum absolute atomic E-state index is 0.352. The number of hydrogen-bond acceptors (Lipinski definition) is 10. The molecule has 1 fully saturated rings. The van der Waals surface area contributed by atoms with Gasteiger partial charge in [0.1, 0.15) is 24.6 Å². The van der Waals surface area contributed by atoms with Crippen molar-refractivity contribution in [3.63, 3.8) is 0 Å². The lowest BCUT2D eigenvalue weighted by atomic mass is 10.1. The third kappa shape index (κ3) is 4.75. The molecule has 1 saturated heterocycles. The molecule has 1 aliphatic rings. The minimum Gasteiger partial charge on any atom is -0.387 e. The Morgan fingerprint density at radius 3 is 2.74 bits per heavy atom. The van der Waals surface area contributed by atoms with Crippen molar-refractivity contribution in [1.82, 2.24) is 19.5 Å². The van der Waals surface area contributed by atoms with Crippen molar-refractivity contribution in [3.8, 4) is 0 Å². The fourth-order valence-corrected chi connectivity index (χ4v) is 4.21. The highest BCUT2D eigenvalue weighted by Gasteiger charge is 2.45. The molecule has 0 aliphatic carbocycles. The van der Waals surface area contributed by atoms with Gasteiger partial charge in [-0.25, -0.2) is 19.5 Å². The van der Waals surface area contributed by atoms with Crippen LogP contribution < -0.4 is 5.32 Å². The van der Waals surface area contributed by atoms with Crippen molar-refractivity contribution in [3.05, 3.63) is 48.5 Å². The van der Waals surface area contributed by atoms with Gasteiger partial charge < -0.3 is 25.2 Å². The SMILES string of the molecule is CSP(=O)(O)OC[C@H]1O[C@@H](n2cnc3c(NCc4ccccc4)ncnc32)[C@H](O)[C@@H]1O. The molecule has 1 unspecified atom stereocenters. The molecule has 11 nitrogen and oxygen atoms in total. The smallest absolute Gasteiger partial charge is 0.386 e. The predicted molar refractivity (Wildman–Crippen MR) is 114 cm³/mol. The molecule has 0 saturated carbocycles. The van der Waals surface area contributed by atoms with Gasteiger partial charge in [-0.3, -0.25) is 9.09 Å². The Labute approximate surface area is 181 Å². The number of aliphatic hydroxyl groups is 2. The van der Waals surface area contributed by atoms with E-state index in [4.69, 9.17) is 9.26 Å². The van der Waals surface area contributed by atoms with Gasteiger partial charge in [0.05, 0.1) is 12.9 Å². The molecule has 3 aromatic rings. The minimum atomic E-state index is -3.83. The van der Waals surface area contributed by atoms with E-state index in [2.05, 4.69) is 20.3 Å². The topological polar surface area (TPSA) is 152 Å². The van der Waals surface area contributed by atoms with E-state index >= 15 is 0 Å². The molecule has 4 N–H and O–H groups in total. The normalized spacial score (nSPS) is 25.5. The standard InChI is InChI=1S/C18H22N5O6PS/c1-31-30(26,27)28-8-12-14(24)15(25)18(29-12)23-10-22-13-16(20-9-21-17(13)23)19-7-11-5-3-2-4-6-11/h2-6,9-10,12,14-15,18,24-25H,7-8H2,1H3,(H,26,27)(H,19,20,21)/t12-,14-,15-,18-/m1/s1. The molecule has 13 heteroatoms. The van der Waals surface area contributed by atoms with E-state index in [0.717, 1.165) is 5.56 Å². The summed E-state index contributed by atoms with van der Waals surface area (Å²) >= 11 is 0.668. The molecule has 2 aromatic heterocycles. The number of aromatic nitrogens is 4. The first-order valence-electron chi connectivity index (χ1n) is 9.39. The van der Waals surface area contributed by atoms with E-state index < -0.39 is 31.3 Å². The number of imidazole rings is 1. The zero-order valence-corrected chi connectivity index (χ0v) is 18.2. The molecule has 0 bridgehead atoms. The fourth-order valence-electron chi connectivity index (χ4n) is 3.27. The van der Waals surface area contributed by atoms with Crippen LogP contribution in [0.15, 0.2) is 43.0 Å². The van der Waals surface area contributed by atoms with E-state index in [1.54, 1.807) is 0 Å². The molecule has 3 heterocycles. The number of nitrogens with one attached hydrogen (secondary N) is 1. The van der Waals surface area contributed by atoms with Crippen LogP contribution in [-0.2, 0) is 20.4 Å². The monoisotopic (exact) mass is 467 g/mol. The van der Waals surface area contributed by atoms with Crippen molar-refractivity contribution < 1.29 is 28.9 Å². The van der Waals surface area contributed by atoms with Gasteiger partial charge in [0.2, 0.25) is 0 Å². The van der Waals surface area contributed by atoms with E-state index in [1.807, 2.05) is 30.3 Å². The number of ether oxygens (including phenoxy) is 1. The molecule has 0 radical (unpaired) electrons. The maximum absolute atomic E-state index is 11.7. The third-order valence-electron chi connectivity index (χ3n) is 4.91. The van der Waals surface area contributed by atoms with Crippen LogP contribution in [0.4, 0.5) is 5.82 Å². The lowest BCUT2D eigenvalue weighted by Gasteiger charge is -2.17. The van der Waals surface area contributed by atoms with Gasteiger partial charge in [0.25, 0.3) is 0 Å². The highest BCUT2D eigenvalue weighted by molar-refractivity contribution is 8.54. The molecule has 1 aliphatic heterocycles. The molecule has 0 amide bonds. The second kappa shape index (κ2) is 9.21. The van der Waals surface area contributed by atoms with Crippen LogP contribution in [-0.4, -0.2) is 65.8 Å². The number of rotatable bonds is 8. The summed E-state index contributed by atoms with van der Waals surface area (Å²) in [6.07, 6.45) is -0.385. The second-order valence-electron chi connectivity index (χ2n) is 6.88. The van der Waals surface area contributed by atoms with E-state index in [9.17, 15) is 19.7 Å². The molecule has 166 valence electrons. The first kappa shape index (κ1) is 22.2. The van der Waals surface area contributed by atoms with Gasteiger partial charge in [-0.2, -0.15) is 0 Å². The summed E-state index contributed by atoms with van der Waals surface area (Å²) in [5.41, 5.74) is 1.95. The number of aliphatic hydroxyl groups excluding tert-OH is 2. The second-order valence-corrected chi connectivity index (χ2v) is 10.9. The van der Waals surface area contributed by atoms with Crippen molar-refractivity contribution in [2.75, 3.05) is 18.2 Å². The average Bonchev–Trinajstić information content (AvgIpc) is 3.33. The van der Waals surface area contributed by atoms with Crippen LogP contribution in [0.3, 0.4) is 0 Å². The molecule has 4 rings (SSSR count). The maximum Gasteiger partial charge on any atom is 0.386 e. The Morgan fingerprint density at radius 1 is 1.23 bits per heavy atom. The highest BCUT2D eigenvalue weighted by atomic mass is 32.7. The lowest BCUT2D eigenvalue weighted by Crippen LogP contribution is -2.33. The fraction of sp³-hybridized carbons (Fsp3) is 0.389. The number of fused-ring (bicyclic) bond motifs is 1. The number of hydrogen-bond donors (Lipinski definition) is 4. The predicted octanol–water partition coefficient (Wildman–Crippen LogP) is 1.54. The summed E-state index contributed by atoms with van der Waals surface area (Å²) in [5, 5.41) is 24.0. The van der Waals surface area contributed by atoms with Crippen LogP contribution in [0.25, 0.3) is 11.2 Å². The largest absolute Gasteiger partial charge is 0.387 e. The first-order valence-corrected chi connectivity index (χ1v) is 12.8. The summed E-state index contributed by atoms with van der Waals surface area (Å²) in [6, 6.07) is 9.80. The van der Waals surface area contributed by atoms with Crippen molar-refractivity contribution in [2.24, 2.45) is 0 Å². The third-order valence-corrected chi connectivity index (χ3v) is 7.54. The zero-order valence-electron chi connectivity index (χ0n) is 16.5. The highest BCUT2D eigenvalue weighted by Crippen LogP contribution is 2.54.